The molecule has 0 aromatic carbocycles. The van der Waals surface area contributed by atoms with Gasteiger partial charge in [-0.1, -0.05) is 25.7 Å². The lowest BCUT2D eigenvalue weighted by Gasteiger charge is -2.26. The highest BCUT2D eigenvalue weighted by molar-refractivity contribution is 6.02. The van der Waals surface area contributed by atoms with Gasteiger partial charge in [0.05, 0.1) is 12.5 Å². The zero-order valence-electron chi connectivity index (χ0n) is 13.7. The first kappa shape index (κ1) is 15.6. The lowest BCUT2D eigenvalue weighted by molar-refractivity contribution is -0.128. The maximum atomic E-state index is 12.4. The van der Waals surface area contributed by atoms with E-state index in [9.17, 15) is 9.59 Å². The Bertz CT molecular complexity index is 477. The first-order valence-electron chi connectivity index (χ1n) is 8.92. The average Bonchev–Trinajstić information content (AvgIpc) is 2.79. The van der Waals surface area contributed by atoms with Crippen molar-refractivity contribution in [2.24, 2.45) is 5.92 Å². The van der Waals surface area contributed by atoms with Crippen molar-refractivity contribution in [3.8, 4) is 0 Å². The fraction of sp³-hybridized carbons (Fsp3) is 0.778. The number of nitrogens with one attached hydrogen (secondary N) is 1. The lowest BCUT2D eigenvalue weighted by Crippen LogP contribution is -2.33. The number of carbonyl (C=O) groups excluding carboxylic acids is 2. The summed E-state index contributed by atoms with van der Waals surface area (Å²) in [4.78, 5) is 26.5. The molecule has 122 valence electrons. The van der Waals surface area contributed by atoms with Crippen molar-refractivity contribution in [3.63, 3.8) is 0 Å². The molecule has 4 nitrogen and oxygen atoms in total. The van der Waals surface area contributed by atoms with E-state index in [4.69, 9.17) is 0 Å². The molecule has 0 bridgehead atoms. The molecule has 3 rings (SSSR count). The molecule has 1 atom stereocenters. The number of amides is 2. The van der Waals surface area contributed by atoms with Crippen molar-refractivity contribution < 1.29 is 9.59 Å². The summed E-state index contributed by atoms with van der Waals surface area (Å²) in [5, 5.41) is 3.07. The predicted molar refractivity (Wildman–Crippen MR) is 86.3 cm³/mol. The standard InChI is InChI=1S/C18H28N2O2/c1-20-16-10-6-5-9-14(16)15(18(20)22)11-17(21)19-12-13-7-3-2-4-8-13/h13,16H,2-12H2,1H3,(H,19,21). The van der Waals surface area contributed by atoms with Gasteiger partial charge in [-0.25, -0.2) is 0 Å². The van der Waals surface area contributed by atoms with Crippen LogP contribution in [0.25, 0.3) is 0 Å². The summed E-state index contributed by atoms with van der Waals surface area (Å²) in [6, 6.07) is 0.266. The Kier molecular flexibility index (Phi) is 4.84. The van der Waals surface area contributed by atoms with Crippen molar-refractivity contribution in [2.45, 2.75) is 70.3 Å². The van der Waals surface area contributed by atoms with Gasteiger partial charge in [0.2, 0.25) is 5.91 Å². The Labute approximate surface area is 133 Å². The second-order valence-electron chi connectivity index (χ2n) is 7.17. The molecule has 3 aliphatic rings. The SMILES string of the molecule is CN1C(=O)C(CC(=O)NCC2CCCCC2)=C2CCCCC21. The molecule has 2 fully saturated rings. The van der Waals surface area contributed by atoms with E-state index in [0.717, 1.165) is 31.4 Å². The molecule has 1 aliphatic heterocycles. The van der Waals surface area contributed by atoms with Gasteiger partial charge in [0, 0.05) is 19.2 Å². The third-order valence-electron chi connectivity index (χ3n) is 5.66. The van der Waals surface area contributed by atoms with Crippen molar-refractivity contribution in [3.05, 3.63) is 11.1 Å². The largest absolute Gasteiger partial charge is 0.356 e. The number of hydrogen-bond acceptors (Lipinski definition) is 2. The quantitative estimate of drug-likeness (QED) is 0.868. The highest BCUT2D eigenvalue weighted by atomic mass is 16.2. The number of rotatable bonds is 4. The predicted octanol–water partition coefficient (Wildman–Crippen LogP) is 2.78. The van der Waals surface area contributed by atoms with Crippen molar-refractivity contribution >= 4 is 11.8 Å². The first-order valence-corrected chi connectivity index (χ1v) is 8.92. The Morgan fingerprint density at radius 2 is 1.86 bits per heavy atom. The van der Waals surface area contributed by atoms with Crippen molar-refractivity contribution in [1.82, 2.24) is 10.2 Å². The second kappa shape index (κ2) is 6.84. The summed E-state index contributed by atoms with van der Waals surface area (Å²) in [6.07, 6.45) is 11.1. The van der Waals surface area contributed by atoms with E-state index >= 15 is 0 Å². The highest BCUT2D eigenvalue weighted by Crippen LogP contribution is 2.36. The van der Waals surface area contributed by atoms with Crippen LogP contribution < -0.4 is 5.32 Å². The molecule has 0 aromatic heterocycles. The van der Waals surface area contributed by atoms with Crippen LogP contribution in [0.5, 0.6) is 0 Å². The topological polar surface area (TPSA) is 49.4 Å². The smallest absolute Gasteiger partial charge is 0.250 e. The van der Waals surface area contributed by atoms with Gasteiger partial charge in [0.1, 0.15) is 0 Å². The summed E-state index contributed by atoms with van der Waals surface area (Å²) in [6.45, 7) is 0.787. The number of nitrogens with zero attached hydrogens (tertiary/aromatic N) is 1. The normalized spacial score (nSPS) is 26.3. The van der Waals surface area contributed by atoms with Gasteiger partial charge in [0.25, 0.3) is 5.91 Å². The van der Waals surface area contributed by atoms with E-state index in [2.05, 4.69) is 5.32 Å². The summed E-state index contributed by atoms with van der Waals surface area (Å²) in [7, 11) is 1.88. The van der Waals surface area contributed by atoms with Gasteiger partial charge in [-0.2, -0.15) is 0 Å². The van der Waals surface area contributed by atoms with Gasteiger partial charge in [-0.05, 0) is 43.6 Å². The van der Waals surface area contributed by atoms with E-state index in [-0.39, 0.29) is 24.3 Å². The molecule has 22 heavy (non-hydrogen) atoms. The first-order chi connectivity index (χ1) is 10.7. The second-order valence-corrected chi connectivity index (χ2v) is 7.17. The molecule has 0 spiro atoms. The van der Waals surface area contributed by atoms with Crippen LogP contribution in [0.1, 0.15) is 64.2 Å². The highest BCUT2D eigenvalue weighted by Gasteiger charge is 2.38. The third-order valence-corrected chi connectivity index (χ3v) is 5.66. The van der Waals surface area contributed by atoms with Crippen LogP contribution in [0.4, 0.5) is 0 Å². The molecule has 4 heteroatoms. The minimum atomic E-state index is 0.0287. The van der Waals surface area contributed by atoms with Crippen LogP contribution in [-0.4, -0.2) is 36.3 Å². The molecule has 2 amide bonds. The molecule has 0 aromatic rings. The van der Waals surface area contributed by atoms with Gasteiger partial charge >= 0.3 is 0 Å². The zero-order chi connectivity index (χ0) is 15.5. The summed E-state index contributed by atoms with van der Waals surface area (Å²) >= 11 is 0. The molecular weight excluding hydrogens is 276 g/mol. The summed E-state index contributed by atoms with van der Waals surface area (Å²) < 4.78 is 0. The fourth-order valence-electron chi connectivity index (χ4n) is 4.33. The zero-order valence-corrected chi connectivity index (χ0v) is 13.7. The number of carbonyl (C=O) groups is 2. The minimum Gasteiger partial charge on any atom is -0.356 e. The molecule has 0 radical (unpaired) electrons. The minimum absolute atomic E-state index is 0.0287. The van der Waals surface area contributed by atoms with E-state index in [1.54, 1.807) is 0 Å². The molecule has 1 unspecified atom stereocenters. The van der Waals surface area contributed by atoms with Crippen LogP contribution in [0.2, 0.25) is 0 Å². The number of fused-ring (bicyclic) bond motifs is 1. The van der Waals surface area contributed by atoms with Crippen LogP contribution >= 0.6 is 0 Å². The van der Waals surface area contributed by atoms with Crippen LogP contribution in [0.3, 0.4) is 0 Å². The van der Waals surface area contributed by atoms with E-state index in [1.807, 2.05) is 11.9 Å². The Balaban J connectivity index is 1.56. The molecule has 2 saturated carbocycles. The number of likely N-dealkylation sites (N-methyl/N-ethyl adjacent to an activating group) is 1. The average molecular weight is 304 g/mol. The van der Waals surface area contributed by atoms with Crippen LogP contribution in [0, 0.1) is 5.92 Å². The van der Waals surface area contributed by atoms with Gasteiger partial charge < -0.3 is 10.2 Å². The van der Waals surface area contributed by atoms with Gasteiger partial charge in [0.15, 0.2) is 0 Å². The molecule has 0 saturated heterocycles. The maximum Gasteiger partial charge on any atom is 0.250 e. The lowest BCUT2D eigenvalue weighted by atomic mass is 9.88. The summed E-state index contributed by atoms with van der Waals surface area (Å²) in [5.74, 6) is 0.746. The van der Waals surface area contributed by atoms with E-state index in [0.29, 0.717) is 5.92 Å². The third kappa shape index (κ3) is 3.21. The van der Waals surface area contributed by atoms with Crippen molar-refractivity contribution in [2.75, 3.05) is 13.6 Å². The van der Waals surface area contributed by atoms with Crippen LogP contribution in [0.15, 0.2) is 11.1 Å². The Morgan fingerprint density at radius 3 is 2.64 bits per heavy atom. The molecule has 1 heterocycles. The Hall–Kier alpha value is -1.32. The van der Waals surface area contributed by atoms with Crippen molar-refractivity contribution in [1.29, 1.82) is 0 Å². The van der Waals surface area contributed by atoms with Gasteiger partial charge in [-0.3, -0.25) is 9.59 Å². The summed E-state index contributed by atoms with van der Waals surface area (Å²) in [5.41, 5.74) is 2.03. The monoisotopic (exact) mass is 304 g/mol. The molecular formula is C18H28N2O2. The fourth-order valence-corrected chi connectivity index (χ4v) is 4.33. The molecule has 2 aliphatic carbocycles. The van der Waals surface area contributed by atoms with Gasteiger partial charge in [-0.15, -0.1) is 0 Å². The van der Waals surface area contributed by atoms with E-state index in [1.165, 1.54) is 44.1 Å². The molecule has 1 N–H and O–H groups in total. The number of hydrogen-bond donors (Lipinski definition) is 1. The Morgan fingerprint density at radius 1 is 1.14 bits per heavy atom. The maximum absolute atomic E-state index is 12.4. The van der Waals surface area contributed by atoms with Crippen LogP contribution in [-0.2, 0) is 9.59 Å². The van der Waals surface area contributed by atoms with E-state index < -0.39 is 0 Å².